The maximum Gasteiger partial charge on any atom is 0.307 e. The van der Waals surface area contributed by atoms with E-state index < -0.39 is 0 Å². The second kappa shape index (κ2) is 2.12. The molecular formula is C8H8N5+. The Labute approximate surface area is 74.7 Å². The molecular weight excluding hydrogens is 166 g/mol. The first-order valence-corrected chi connectivity index (χ1v) is 4.12. The Morgan fingerprint density at radius 2 is 2.38 bits per heavy atom. The summed E-state index contributed by atoms with van der Waals surface area (Å²) in [5.74, 6) is 0. The molecule has 1 aliphatic rings. The molecule has 5 nitrogen and oxygen atoms in total. The lowest BCUT2D eigenvalue weighted by Gasteiger charge is -1.96. The fourth-order valence-electron chi connectivity index (χ4n) is 1.71. The Bertz CT molecular complexity index is 461. The molecule has 2 aromatic rings. The van der Waals surface area contributed by atoms with Crippen LogP contribution in [0.4, 0.5) is 0 Å². The van der Waals surface area contributed by atoms with Crippen molar-refractivity contribution < 1.29 is 4.68 Å². The number of aromatic nitrogens is 5. The molecule has 0 bridgehead atoms. The predicted molar refractivity (Wildman–Crippen MR) is 43.2 cm³/mol. The van der Waals surface area contributed by atoms with E-state index in [4.69, 9.17) is 0 Å². The van der Waals surface area contributed by atoms with E-state index in [1.807, 2.05) is 15.6 Å². The van der Waals surface area contributed by atoms with Crippen LogP contribution in [0, 0.1) is 0 Å². The largest absolute Gasteiger partial charge is 0.307 e. The van der Waals surface area contributed by atoms with Crippen molar-refractivity contribution >= 4 is 0 Å². The lowest BCUT2D eigenvalue weighted by Crippen LogP contribution is -2.39. The van der Waals surface area contributed by atoms with Crippen LogP contribution in [0.1, 0.15) is 18.7 Å². The predicted octanol–water partition coefficient (Wildman–Crippen LogP) is -0.128. The third-order valence-electron chi connectivity index (χ3n) is 2.37. The van der Waals surface area contributed by atoms with Crippen LogP contribution in [0.25, 0.3) is 5.69 Å². The summed E-state index contributed by atoms with van der Waals surface area (Å²) in [6.45, 7) is 2.09. The van der Waals surface area contributed by atoms with Crippen LogP contribution >= 0.6 is 0 Å². The van der Waals surface area contributed by atoms with Gasteiger partial charge in [-0.2, -0.15) is 0 Å². The zero-order chi connectivity index (χ0) is 8.84. The molecule has 13 heavy (non-hydrogen) atoms. The molecule has 5 heteroatoms. The maximum absolute atomic E-state index is 4.25. The van der Waals surface area contributed by atoms with Crippen LogP contribution in [0.3, 0.4) is 0 Å². The molecule has 0 amide bonds. The summed E-state index contributed by atoms with van der Waals surface area (Å²) >= 11 is 0. The average Bonchev–Trinajstić information content (AvgIpc) is 2.72. The maximum atomic E-state index is 4.25. The molecule has 0 aromatic carbocycles. The Hall–Kier alpha value is -1.78. The van der Waals surface area contributed by atoms with Crippen LogP contribution in [-0.4, -0.2) is 19.6 Å². The second-order valence-corrected chi connectivity index (χ2v) is 3.07. The molecule has 0 N–H and O–H groups in total. The minimum Gasteiger partial charge on any atom is -0.242 e. The first-order valence-electron chi connectivity index (χ1n) is 4.12. The molecule has 0 fully saturated rings. The summed E-state index contributed by atoms with van der Waals surface area (Å²) in [6.07, 6.45) is 6.96. The molecule has 2 aromatic heterocycles. The second-order valence-electron chi connectivity index (χ2n) is 3.07. The van der Waals surface area contributed by atoms with Gasteiger partial charge in [0.05, 0.1) is 6.20 Å². The minimum absolute atomic E-state index is 0.250. The number of hydrogen-bond donors (Lipinski definition) is 0. The molecule has 0 aliphatic carbocycles. The number of hydrogen-bond acceptors (Lipinski definition) is 3. The van der Waals surface area contributed by atoms with E-state index in [2.05, 4.69) is 21.9 Å². The summed E-state index contributed by atoms with van der Waals surface area (Å²) in [7, 11) is 0. The first kappa shape index (κ1) is 6.71. The highest BCUT2D eigenvalue weighted by molar-refractivity contribution is 5.34. The fourth-order valence-corrected chi connectivity index (χ4v) is 1.71. The van der Waals surface area contributed by atoms with Gasteiger partial charge in [0.15, 0.2) is 6.04 Å². The van der Waals surface area contributed by atoms with Gasteiger partial charge in [-0.05, 0) is 11.9 Å². The molecule has 0 saturated heterocycles. The van der Waals surface area contributed by atoms with Gasteiger partial charge in [-0.15, -0.1) is 9.36 Å². The molecule has 0 saturated carbocycles. The first-order chi connectivity index (χ1) is 6.38. The van der Waals surface area contributed by atoms with E-state index in [1.165, 1.54) is 0 Å². The molecule has 1 atom stereocenters. The van der Waals surface area contributed by atoms with Crippen molar-refractivity contribution in [3.05, 3.63) is 30.9 Å². The molecule has 64 valence electrons. The Kier molecular flexibility index (Phi) is 1.10. The Morgan fingerprint density at radius 3 is 3.31 bits per heavy atom. The van der Waals surface area contributed by atoms with Gasteiger partial charge >= 0.3 is 6.33 Å². The zero-order valence-electron chi connectivity index (χ0n) is 7.12. The third kappa shape index (κ3) is 0.708. The summed E-state index contributed by atoms with van der Waals surface area (Å²) in [5, 5.41) is 0. The standard InChI is InChI=1S/C8H8N5/c1-6-8-7(2-9-3-11-8)13-5-10-4-12(6)13/h2-6H,1H3/q+1. The summed E-state index contributed by atoms with van der Waals surface area (Å²) < 4.78 is 3.99. The van der Waals surface area contributed by atoms with Crippen molar-refractivity contribution in [2.75, 3.05) is 0 Å². The van der Waals surface area contributed by atoms with Gasteiger partial charge in [0, 0.05) is 0 Å². The van der Waals surface area contributed by atoms with Gasteiger partial charge in [-0.1, -0.05) is 0 Å². The molecule has 1 unspecified atom stereocenters. The van der Waals surface area contributed by atoms with Gasteiger partial charge in [0.25, 0.3) is 0 Å². The molecule has 3 heterocycles. The van der Waals surface area contributed by atoms with Crippen molar-refractivity contribution in [2.24, 2.45) is 0 Å². The van der Waals surface area contributed by atoms with Gasteiger partial charge in [-0.25, -0.2) is 9.97 Å². The van der Waals surface area contributed by atoms with E-state index in [-0.39, 0.29) is 6.04 Å². The van der Waals surface area contributed by atoms with Crippen molar-refractivity contribution in [1.82, 2.24) is 19.6 Å². The Morgan fingerprint density at radius 1 is 1.46 bits per heavy atom. The average molecular weight is 174 g/mol. The van der Waals surface area contributed by atoms with Crippen LogP contribution < -0.4 is 4.68 Å². The monoisotopic (exact) mass is 174 g/mol. The van der Waals surface area contributed by atoms with Crippen molar-refractivity contribution in [3.63, 3.8) is 0 Å². The van der Waals surface area contributed by atoms with Crippen LogP contribution in [0.5, 0.6) is 0 Å². The topological polar surface area (TPSA) is 47.5 Å². The SMILES string of the molecule is CC1c2ncncc2-n2cnc[n+]21. The van der Waals surface area contributed by atoms with E-state index in [1.54, 1.807) is 19.0 Å². The molecule has 1 aliphatic heterocycles. The highest BCUT2D eigenvalue weighted by Crippen LogP contribution is 2.21. The highest BCUT2D eigenvalue weighted by Gasteiger charge is 2.31. The lowest BCUT2D eigenvalue weighted by molar-refractivity contribution is -0.772. The summed E-state index contributed by atoms with van der Waals surface area (Å²) in [5.41, 5.74) is 2.07. The van der Waals surface area contributed by atoms with Crippen LogP contribution in [-0.2, 0) is 0 Å². The molecule has 0 spiro atoms. The van der Waals surface area contributed by atoms with Crippen LogP contribution in [0.15, 0.2) is 25.2 Å². The highest BCUT2D eigenvalue weighted by atomic mass is 15.5. The molecule has 3 rings (SSSR count). The normalized spacial score (nSPS) is 18.4. The summed E-state index contributed by atoms with van der Waals surface area (Å²) in [6, 6.07) is 0.250. The molecule has 0 radical (unpaired) electrons. The number of fused-ring (bicyclic) bond motifs is 3. The van der Waals surface area contributed by atoms with Crippen molar-refractivity contribution in [2.45, 2.75) is 13.0 Å². The van der Waals surface area contributed by atoms with Gasteiger partial charge in [0.2, 0.25) is 6.33 Å². The van der Waals surface area contributed by atoms with E-state index in [9.17, 15) is 0 Å². The lowest BCUT2D eigenvalue weighted by atomic mass is 10.2. The smallest absolute Gasteiger partial charge is 0.242 e. The minimum atomic E-state index is 0.250. The quantitative estimate of drug-likeness (QED) is 0.523. The van der Waals surface area contributed by atoms with Gasteiger partial charge in [0.1, 0.15) is 17.7 Å². The van der Waals surface area contributed by atoms with Gasteiger partial charge < -0.3 is 0 Å². The number of rotatable bonds is 0. The number of nitrogens with zero attached hydrogens (tertiary/aromatic N) is 5. The van der Waals surface area contributed by atoms with Crippen LogP contribution in [0.2, 0.25) is 0 Å². The summed E-state index contributed by atoms with van der Waals surface area (Å²) in [4.78, 5) is 12.3. The van der Waals surface area contributed by atoms with E-state index in [0.29, 0.717) is 0 Å². The third-order valence-corrected chi connectivity index (χ3v) is 2.37. The fraction of sp³-hybridized carbons (Fsp3) is 0.250. The van der Waals surface area contributed by atoms with Crippen molar-refractivity contribution in [1.29, 1.82) is 0 Å². The van der Waals surface area contributed by atoms with E-state index >= 15 is 0 Å². The zero-order valence-corrected chi connectivity index (χ0v) is 7.12. The van der Waals surface area contributed by atoms with Gasteiger partial charge in [-0.3, -0.25) is 0 Å². The van der Waals surface area contributed by atoms with Crippen molar-refractivity contribution in [3.8, 4) is 5.69 Å². The van der Waals surface area contributed by atoms with E-state index in [0.717, 1.165) is 11.4 Å². The Balaban J connectivity index is 2.37.